The molecule has 0 saturated heterocycles. The fourth-order valence-electron chi connectivity index (χ4n) is 1.67. The summed E-state index contributed by atoms with van der Waals surface area (Å²) in [5, 5.41) is 0. The number of para-hydroxylation sites is 1. The van der Waals surface area contributed by atoms with E-state index in [2.05, 4.69) is 11.4 Å². The lowest BCUT2D eigenvalue weighted by molar-refractivity contribution is 0.0942. The third-order valence-electron chi connectivity index (χ3n) is 2.60. The van der Waals surface area contributed by atoms with Crippen molar-refractivity contribution in [3.05, 3.63) is 30.3 Å². The quantitative estimate of drug-likeness (QED) is 0.539. The van der Waals surface area contributed by atoms with Gasteiger partial charge in [0, 0.05) is 0 Å². The minimum Gasteiger partial charge on any atom is -0.488 e. The number of hydrogen-bond acceptors (Lipinski definition) is 3. The number of ether oxygens (including phenoxy) is 1. The van der Waals surface area contributed by atoms with Crippen LogP contribution in [0.3, 0.4) is 0 Å². The zero-order valence-corrected chi connectivity index (χ0v) is 12.0. The fourth-order valence-corrected chi connectivity index (χ4v) is 2.03. The van der Waals surface area contributed by atoms with Crippen LogP contribution in [0.5, 0.6) is 5.75 Å². The van der Waals surface area contributed by atoms with Crippen molar-refractivity contribution in [1.29, 1.82) is 0 Å². The molecule has 0 aliphatic heterocycles. The van der Waals surface area contributed by atoms with Crippen LogP contribution in [0.4, 0.5) is 0 Å². The molecule has 1 aromatic rings. The van der Waals surface area contributed by atoms with E-state index in [1.807, 2.05) is 30.3 Å². The average molecular weight is 288 g/mol. The standard InChI is InChI=1S/C13H21O5P/c1-2-3-5-10-13(11-17-19(14,15)16)18-12-8-6-4-7-9-12/h4,6-9,13H,2-3,5,10-11H2,1H3,(H2,14,15,16). The van der Waals surface area contributed by atoms with Crippen LogP contribution in [-0.2, 0) is 9.09 Å². The molecule has 0 fully saturated rings. The van der Waals surface area contributed by atoms with Crippen molar-refractivity contribution in [1.82, 2.24) is 0 Å². The van der Waals surface area contributed by atoms with E-state index < -0.39 is 7.82 Å². The Hall–Kier alpha value is -0.870. The second-order valence-corrected chi connectivity index (χ2v) is 5.57. The molecule has 1 unspecified atom stereocenters. The van der Waals surface area contributed by atoms with Gasteiger partial charge in [-0.15, -0.1) is 0 Å². The van der Waals surface area contributed by atoms with Gasteiger partial charge in [-0.1, -0.05) is 38.0 Å². The SMILES string of the molecule is CCCCCC(COP(=O)(O)O)Oc1ccccc1. The van der Waals surface area contributed by atoms with Gasteiger partial charge in [0.15, 0.2) is 0 Å². The molecule has 0 aromatic heterocycles. The van der Waals surface area contributed by atoms with Crippen LogP contribution in [0, 0.1) is 0 Å². The molecular formula is C13H21O5P. The van der Waals surface area contributed by atoms with E-state index in [1.54, 1.807) is 0 Å². The first-order chi connectivity index (χ1) is 9.01. The molecule has 0 saturated carbocycles. The third-order valence-corrected chi connectivity index (χ3v) is 3.09. The van der Waals surface area contributed by atoms with Crippen molar-refractivity contribution in [2.45, 2.75) is 38.7 Å². The van der Waals surface area contributed by atoms with Crippen LogP contribution in [0.15, 0.2) is 30.3 Å². The van der Waals surface area contributed by atoms with Crippen molar-refractivity contribution < 1.29 is 23.6 Å². The number of hydrogen-bond donors (Lipinski definition) is 2. The summed E-state index contributed by atoms with van der Waals surface area (Å²) in [6.45, 7) is 1.99. The summed E-state index contributed by atoms with van der Waals surface area (Å²) >= 11 is 0. The lowest BCUT2D eigenvalue weighted by Crippen LogP contribution is -2.22. The van der Waals surface area contributed by atoms with E-state index in [4.69, 9.17) is 14.5 Å². The molecule has 0 amide bonds. The van der Waals surface area contributed by atoms with E-state index in [9.17, 15) is 4.57 Å². The maximum absolute atomic E-state index is 10.7. The Balaban J connectivity index is 2.51. The van der Waals surface area contributed by atoms with Gasteiger partial charge in [-0.25, -0.2) is 4.57 Å². The van der Waals surface area contributed by atoms with E-state index in [0.717, 1.165) is 19.3 Å². The number of phosphoric acid groups is 1. The zero-order chi connectivity index (χ0) is 14.1. The first kappa shape index (κ1) is 16.2. The van der Waals surface area contributed by atoms with E-state index in [-0.39, 0.29) is 12.7 Å². The fraction of sp³-hybridized carbons (Fsp3) is 0.538. The molecule has 0 radical (unpaired) electrons. The van der Waals surface area contributed by atoms with Gasteiger partial charge < -0.3 is 14.5 Å². The van der Waals surface area contributed by atoms with Gasteiger partial charge in [-0.3, -0.25) is 4.52 Å². The Morgan fingerprint density at radius 1 is 1.21 bits per heavy atom. The molecule has 1 rings (SSSR count). The Kier molecular flexibility index (Phi) is 7.10. The first-order valence-corrected chi connectivity index (χ1v) is 7.96. The number of unbranched alkanes of at least 4 members (excludes halogenated alkanes) is 2. The largest absolute Gasteiger partial charge is 0.488 e. The lowest BCUT2D eigenvalue weighted by Gasteiger charge is -2.19. The second-order valence-electron chi connectivity index (χ2n) is 4.34. The summed E-state index contributed by atoms with van der Waals surface area (Å²) in [4.78, 5) is 17.5. The molecular weight excluding hydrogens is 267 g/mol. The van der Waals surface area contributed by atoms with E-state index >= 15 is 0 Å². The predicted octanol–water partition coefficient (Wildman–Crippen LogP) is 3.12. The third kappa shape index (κ3) is 8.01. The van der Waals surface area contributed by atoms with Crippen LogP contribution in [-0.4, -0.2) is 22.5 Å². The monoisotopic (exact) mass is 288 g/mol. The van der Waals surface area contributed by atoms with Crippen molar-refractivity contribution in [3.63, 3.8) is 0 Å². The molecule has 1 aromatic carbocycles. The smallest absolute Gasteiger partial charge is 0.469 e. The lowest BCUT2D eigenvalue weighted by atomic mass is 10.1. The average Bonchev–Trinajstić information content (AvgIpc) is 2.36. The van der Waals surface area contributed by atoms with Crippen LogP contribution in [0.2, 0.25) is 0 Å². The molecule has 0 aliphatic carbocycles. The number of benzene rings is 1. The Morgan fingerprint density at radius 3 is 2.47 bits per heavy atom. The van der Waals surface area contributed by atoms with Crippen LogP contribution >= 0.6 is 7.82 Å². The van der Waals surface area contributed by atoms with Gasteiger partial charge in [-0.2, -0.15) is 0 Å². The molecule has 5 nitrogen and oxygen atoms in total. The molecule has 0 spiro atoms. The molecule has 19 heavy (non-hydrogen) atoms. The van der Waals surface area contributed by atoms with Crippen molar-refractivity contribution in [2.75, 3.05) is 6.61 Å². The number of rotatable bonds is 9. The highest BCUT2D eigenvalue weighted by Gasteiger charge is 2.19. The zero-order valence-electron chi connectivity index (χ0n) is 11.1. The topological polar surface area (TPSA) is 76.0 Å². The van der Waals surface area contributed by atoms with Crippen molar-refractivity contribution >= 4 is 7.82 Å². The molecule has 0 heterocycles. The van der Waals surface area contributed by atoms with Gasteiger partial charge in [0.1, 0.15) is 11.9 Å². The maximum Gasteiger partial charge on any atom is 0.469 e. The Morgan fingerprint density at radius 2 is 1.89 bits per heavy atom. The van der Waals surface area contributed by atoms with Gasteiger partial charge in [0.25, 0.3) is 0 Å². The Bertz CT molecular complexity index is 389. The normalized spacial score (nSPS) is 13.2. The highest BCUT2D eigenvalue weighted by Crippen LogP contribution is 2.36. The van der Waals surface area contributed by atoms with Crippen molar-refractivity contribution in [3.8, 4) is 5.75 Å². The summed E-state index contributed by atoms with van der Waals surface area (Å²) in [5.74, 6) is 0.679. The molecule has 0 aliphatic rings. The summed E-state index contributed by atoms with van der Waals surface area (Å²) in [7, 11) is -4.44. The molecule has 0 bridgehead atoms. The van der Waals surface area contributed by atoms with Gasteiger partial charge in [-0.05, 0) is 25.0 Å². The van der Waals surface area contributed by atoms with Gasteiger partial charge in [0.05, 0.1) is 6.61 Å². The minimum atomic E-state index is -4.44. The van der Waals surface area contributed by atoms with E-state index in [1.165, 1.54) is 0 Å². The highest BCUT2D eigenvalue weighted by molar-refractivity contribution is 7.46. The van der Waals surface area contributed by atoms with E-state index in [0.29, 0.717) is 12.2 Å². The molecule has 1 atom stereocenters. The summed E-state index contributed by atoms with van der Waals surface area (Å²) in [6, 6.07) is 9.20. The number of phosphoric ester groups is 1. The summed E-state index contributed by atoms with van der Waals surface area (Å²) in [6.07, 6.45) is 3.45. The van der Waals surface area contributed by atoms with Crippen LogP contribution in [0.1, 0.15) is 32.6 Å². The highest BCUT2D eigenvalue weighted by atomic mass is 31.2. The predicted molar refractivity (Wildman–Crippen MR) is 73.0 cm³/mol. The van der Waals surface area contributed by atoms with Crippen LogP contribution < -0.4 is 4.74 Å². The minimum absolute atomic E-state index is 0.108. The molecule has 6 heteroatoms. The molecule has 108 valence electrons. The van der Waals surface area contributed by atoms with Gasteiger partial charge in [0.2, 0.25) is 0 Å². The van der Waals surface area contributed by atoms with Crippen molar-refractivity contribution in [2.24, 2.45) is 0 Å². The van der Waals surface area contributed by atoms with Gasteiger partial charge >= 0.3 is 7.82 Å². The summed E-state index contributed by atoms with van der Waals surface area (Å²) < 4.78 is 21.0. The summed E-state index contributed by atoms with van der Waals surface area (Å²) in [5.41, 5.74) is 0. The maximum atomic E-state index is 10.7. The Labute approximate surface area is 113 Å². The second kappa shape index (κ2) is 8.33. The molecule has 2 N–H and O–H groups in total. The van der Waals surface area contributed by atoms with Crippen LogP contribution in [0.25, 0.3) is 0 Å². The first-order valence-electron chi connectivity index (χ1n) is 6.43.